The van der Waals surface area contributed by atoms with Gasteiger partial charge in [0, 0.05) is 30.7 Å². The molecule has 0 saturated heterocycles. The summed E-state index contributed by atoms with van der Waals surface area (Å²) < 4.78 is 0. The fourth-order valence-corrected chi connectivity index (χ4v) is 1.77. The van der Waals surface area contributed by atoms with E-state index in [0.29, 0.717) is 12.6 Å². The van der Waals surface area contributed by atoms with Crippen LogP contribution in [0, 0.1) is 0 Å². The minimum absolute atomic E-state index is 0.00148. The van der Waals surface area contributed by atoms with E-state index in [1.165, 1.54) is 6.42 Å². The smallest absolute Gasteiger partial charge is 0.322 e. The number of hydrogen-bond acceptors (Lipinski definition) is 2. The van der Waals surface area contributed by atoms with Crippen LogP contribution in [0.15, 0.2) is 24.5 Å². The Morgan fingerprint density at radius 2 is 2.19 bits per heavy atom. The lowest BCUT2D eigenvalue weighted by atomic mass is 9.93. The van der Waals surface area contributed by atoms with Gasteiger partial charge in [-0.2, -0.15) is 0 Å². The van der Waals surface area contributed by atoms with Crippen LogP contribution in [-0.4, -0.2) is 23.6 Å². The van der Waals surface area contributed by atoms with Gasteiger partial charge < -0.3 is 5.32 Å². The molecule has 86 valence electrons. The van der Waals surface area contributed by atoms with Gasteiger partial charge in [-0.1, -0.05) is 0 Å². The lowest BCUT2D eigenvalue weighted by Gasteiger charge is -2.30. The van der Waals surface area contributed by atoms with Gasteiger partial charge in [-0.15, -0.1) is 0 Å². The Morgan fingerprint density at radius 1 is 1.50 bits per heavy atom. The molecule has 1 fully saturated rings. The van der Waals surface area contributed by atoms with E-state index < -0.39 is 0 Å². The Kier molecular flexibility index (Phi) is 3.39. The van der Waals surface area contributed by atoms with Crippen LogP contribution in [0.3, 0.4) is 0 Å². The number of rotatable bonds is 3. The van der Waals surface area contributed by atoms with E-state index in [9.17, 15) is 4.79 Å². The van der Waals surface area contributed by atoms with Gasteiger partial charge in [0.25, 0.3) is 0 Å². The zero-order chi connectivity index (χ0) is 11.4. The van der Waals surface area contributed by atoms with Crippen molar-refractivity contribution in [3.63, 3.8) is 0 Å². The van der Waals surface area contributed by atoms with Gasteiger partial charge in [0.15, 0.2) is 0 Å². The Hall–Kier alpha value is -1.58. The number of carbonyl (C=O) groups is 1. The van der Waals surface area contributed by atoms with Crippen LogP contribution in [-0.2, 0) is 0 Å². The van der Waals surface area contributed by atoms with E-state index in [1.807, 2.05) is 19.1 Å². The number of nitrogens with one attached hydrogen (secondary N) is 1. The Morgan fingerprint density at radius 3 is 2.69 bits per heavy atom. The summed E-state index contributed by atoms with van der Waals surface area (Å²) in [7, 11) is 0. The number of carbonyl (C=O) groups excluding carboxylic acids is 1. The Bertz CT molecular complexity index is 349. The number of hydrogen-bond donors (Lipinski definition) is 1. The van der Waals surface area contributed by atoms with Crippen molar-refractivity contribution in [2.24, 2.45) is 0 Å². The molecule has 0 aromatic carbocycles. The molecule has 4 nitrogen and oxygen atoms in total. The molecule has 1 aliphatic rings. The van der Waals surface area contributed by atoms with Crippen LogP contribution in [0.5, 0.6) is 0 Å². The molecule has 4 heteroatoms. The lowest BCUT2D eigenvalue weighted by molar-refractivity contribution is 0.234. The monoisotopic (exact) mass is 219 g/mol. The van der Waals surface area contributed by atoms with Gasteiger partial charge in [0.1, 0.15) is 0 Å². The second-order valence-corrected chi connectivity index (χ2v) is 4.03. The van der Waals surface area contributed by atoms with Crippen molar-refractivity contribution in [2.45, 2.75) is 32.2 Å². The molecule has 0 aliphatic heterocycles. The van der Waals surface area contributed by atoms with Crippen molar-refractivity contribution in [1.82, 2.24) is 10.3 Å². The molecule has 0 atom stereocenters. The largest absolute Gasteiger partial charge is 0.335 e. The Balaban J connectivity index is 2.01. The van der Waals surface area contributed by atoms with E-state index in [1.54, 1.807) is 17.3 Å². The maximum Gasteiger partial charge on any atom is 0.322 e. The van der Waals surface area contributed by atoms with Crippen LogP contribution < -0.4 is 10.2 Å². The first-order valence-electron chi connectivity index (χ1n) is 5.79. The number of aromatic nitrogens is 1. The maximum absolute atomic E-state index is 12.0. The molecule has 2 rings (SSSR count). The molecule has 1 aromatic rings. The fraction of sp³-hybridized carbons (Fsp3) is 0.500. The minimum atomic E-state index is -0.00148. The summed E-state index contributed by atoms with van der Waals surface area (Å²) in [6.45, 7) is 2.64. The molecule has 1 N–H and O–H groups in total. The fourth-order valence-electron chi connectivity index (χ4n) is 1.77. The number of amides is 2. The van der Waals surface area contributed by atoms with Crippen LogP contribution in [0.25, 0.3) is 0 Å². The van der Waals surface area contributed by atoms with Crippen molar-refractivity contribution >= 4 is 11.7 Å². The lowest BCUT2D eigenvalue weighted by Crippen LogP contribution is -2.47. The van der Waals surface area contributed by atoms with Gasteiger partial charge in [0.2, 0.25) is 0 Å². The third-order valence-electron chi connectivity index (χ3n) is 2.97. The highest BCUT2D eigenvalue weighted by Gasteiger charge is 2.22. The molecule has 0 spiro atoms. The van der Waals surface area contributed by atoms with E-state index in [2.05, 4.69) is 10.3 Å². The van der Waals surface area contributed by atoms with E-state index in [0.717, 1.165) is 18.5 Å². The predicted octanol–water partition coefficient (Wildman–Crippen LogP) is 2.17. The standard InChI is InChI=1S/C12H17N3O/c1-2-15(11-6-8-13-9-7-11)12(16)14-10-4-3-5-10/h6-10H,2-5H2,1H3,(H,14,16). The first kappa shape index (κ1) is 10.9. The Labute approximate surface area is 95.7 Å². The second kappa shape index (κ2) is 4.96. The van der Waals surface area contributed by atoms with E-state index in [-0.39, 0.29) is 6.03 Å². The molecule has 1 saturated carbocycles. The quantitative estimate of drug-likeness (QED) is 0.846. The highest BCUT2D eigenvalue weighted by Crippen LogP contribution is 2.19. The topological polar surface area (TPSA) is 45.2 Å². The van der Waals surface area contributed by atoms with Crippen LogP contribution in [0.2, 0.25) is 0 Å². The molecule has 16 heavy (non-hydrogen) atoms. The first-order chi connectivity index (χ1) is 7.81. The molecule has 1 aromatic heterocycles. The van der Waals surface area contributed by atoms with Gasteiger partial charge in [-0.25, -0.2) is 4.79 Å². The molecule has 1 heterocycles. The summed E-state index contributed by atoms with van der Waals surface area (Å²) in [5.41, 5.74) is 0.898. The van der Waals surface area contributed by atoms with E-state index in [4.69, 9.17) is 0 Å². The molecular formula is C12H17N3O. The summed E-state index contributed by atoms with van der Waals surface area (Å²) >= 11 is 0. The predicted molar refractivity (Wildman–Crippen MR) is 63.4 cm³/mol. The molecule has 1 aliphatic carbocycles. The van der Waals surface area contributed by atoms with Gasteiger partial charge in [0.05, 0.1) is 0 Å². The third kappa shape index (κ3) is 2.32. The summed E-state index contributed by atoms with van der Waals surface area (Å²) in [6, 6.07) is 4.08. The highest BCUT2D eigenvalue weighted by molar-refractivity contribution is 5.92. The van der Waals surface area contributed by atoms with Gasteiger partial charge >= 0.3 is 6.03 Å². The average molecular weight is 219 g/mol. The van der Waals surface area contributed by atoms with Crippen molar-refractivity contribution in [2.75, 3.05) is 11.4 Å². The zero-order valence-corrected chi connectivity index (χ0v) is 9.52. The molecule has 0 radical (unpaired) electrons. The summed E-state index contributed by atoms with van der Waals surface area (Å²) in [5, 5.41) is 3.03. The number of nitrogens with zero attached hydrogens (tertiary/aromatic N) is 2. The third-order valence-corrected chi connectivity index (χ3v) is 2.97. The number of anilines is 1. The summed E-state index contributed by atoms with van der Waals surface area (Å²) in [6.07, 6.45) is 6.86. The van der Waals surface area contributed by atoms with Crippen LogP contribution in [0.1, 0.15) is 26.2 Å². The van der Waals surface area contributed by atoms with Crippen molar-refractivity contribution in [3.8, 4) is 0 Å². The SMILES string of the molecule is CCN(C(=O)NC1CCC1)c1ccncc1. The van der Waals surface area contributed by atoms with Gasteiger partial charge in [-0.05, 0) is 38.3 Å². The number of pyridine rings is 1. The molecule has 0 bridgehead atoms. The average Bonchev–Trinajstić information content (AvgIpc) is 2.26. The molecule has 0 unspecified atom stereocenters. The second-order valence-electron chi connectivity index (χ2n) is 4.03. The van der Waals surface area contributed by atoms with Crippen molar-refractivity contribution in [3.05, 3.63) is 24.5 Å². The molecular weight excluding hydrogens is 202 g/mol. The van der Waals surface area contributed by atoms with Crippen molar-refractivity contribution in [1.29, 1.82) is 0 Å². The first-order valence-corrected chi connectivity index (χ1v) is 5.79. The maximum atomic E-state index is 12.0. The van der Waals surface area contributed by atoms with Crippen LogP contribution in [0.4, 0.5) is 10.5 Å². The molecule has 2 amide bonds. The van der Waals surface area contributed by atoms with E-state index >= 15 is 0 Å². The summed E-state index contributed by atoms with van der Waals surface area (Å²) in [5.74, 6) is 0. The highest BCUT2D eigenvalue weighted by atomic mass is 16.2. The van der Waals surface area contributed by atoms with Crippen molar-refractivity contribution < 1.29 is 4.79 Å². The van der Waals surface area contributed by atoms with Gasteiger partial charge in [-0.3, -0.25) is 9.88 Å². The minimum Gasteiger partial charge on any atom is -0.335 e. The zero-order valence-electron chi connectivity index (χ0n) is 9.52. The normalized spacial score (nSPS) is 15.3. The number of urea groups is 1. The summed E-state index contributed by atoms with van der Waals surface area (Å²) in [4.78, 5) is 17.7. The van der Waals surface area contributed by atoms with Crippen LogP contribution >= 0.6 is 0 Å².